The van der Waals surface area contributed by atoms with Crippen molar-refractivity contribution in [2.75, 3.05) is 13.1 Å². The first-order valence-corrected chi connectivity index (χ1v) is 8.53. The van der Waals surface area contributed by atoms with Gasteiger partial charge in [0.2, 0.25) is 5.91 Å². The Bertz CT molecular complexity index is 667. The molecule has 0 aromatic carbocycles. The first-order chi connectivity index (χ1) is 11.1. The van der Waals surface area contributed by atoms with Crippen LogP contribution in [0.1, 0.15) is 50.5 Å². The topological polar surface area (TPSA) is 69.2 Å². The minimum absolute atomic E-state index is 0.149. The summed E-state index contributed by atoms with van der Waals surface area (Å²) in [4.78, 5) is 22.0. The number of hydrogen-bond acceptors (Lipinski definition) is 3. The summed E-state index contributed by atoms with van der Waals surface area (Å²) in [5.74, 6) is 0.334. The average molecular weight is 315 g/mol. The number of H-pyrrole nitrogens is 1. The van der Waals surface area contributed by atoms with E-state index in [9.17, 15) is 9.90 Å². The van der Waals surface area contributed by atoms with Crippen molar-refractivity contribution >= 4 is 16.9 Å². The van der Waals surface area contributed by atoms with Gasteiger partial charge in [0, 0.05) is 37.3 Å². The van der Waals surface area contributed by atoms with Crippen LogP contribution in [0.4, 0.5) is 0 Å². The third-order valence-corrected chi connectivity index (χ3v) is 4.80. The molecule has 5 heteroatoms. The van der Waals surface area contributed by atoms with E-state index in [0.29, 0.717) is 19.4 Å². The molecule has 2 atom stereocenters. The van der Waals surface area contributed by atoms with Crippen LogP contribution in [0, 0.1) is 0 Å². The fourth-order valence-corrected chi connectivity index (χ4v) is 3.38. The molecule has 2 aromatic heterocycles. The lowest BCUT2D eigenvalue weighted by Crippen LogP contribution is -2.36. The Morgan fingerprint density at radius 2 is 2.30 bits per heavy atom. The van der Waals surface area contributed by atoms with Crippen molar-refractivity contribution in [2.24, 2.45) is 0 Å². The predicted octanol–water partition coefficient (Wildman–Crippen LogP) is 2.82. The quantitative estimate of drug-likeness (QED) is 0.915. The van der Waals surface area contributed by atoms with E-state index in [4.69, 9.17) is 0 Å². The number of hydrogen-bond donors (Lipinski definition) is 2. The van der Waals surface area contributed by atoms with Gasteiger partial charge in [-0.05, 0) is 49.3 Å². The summed E-state index contributed by atoms with van der Waals surface area (Å²) >= 11 is 0. The van der Waals surface area contributed by atoms with Gasteiger partial charge in [0.25, 0.3) is 0 Å². The number of carbonyl (C=O) groups is 1. The van der Waals surface area contributed by atoms with Crippen LogP contribution in [0.2, 0.25) is 0 Å². The minimum Gasteiger partial charge on any atom is -0.393 e. The fourth-order valence-electron chi connectivity index (χ4n) is 3.38. The van der Waals surface area contributed by atoms with Crippen molar-refractivity contribution in [1.29, 1.82) is 0 Å². The first-order valence-electron chi connectivity index (χ1n) is 8.53. The molecule has 1 aliphatic heterocycles. The Hall–Kier alpha value is -1.88. The van der Waals surface area contributed by atoms with Gasteiger partial charge in [-0.25, -0.2) is 4.98 Å². The van der Waals surface area contributed by atoms with E-state index in [1.54, 1.807) is 6.20 Å². The van der Waals surface area contributed by atoms with Gasteiger partial charge in [-0.1, -0.05) is 6.92 Å². The zero-order valence-electron chi connectivity index (χ0n) is 13.7. The third kappa shape index (κ3) is 3.72. The molecule has 0 bridgehead atoms. The molecule has 1 fully saturated rings. The first kappa shape index (κ1) is 16.0. The highest BCUT2D eigenvalue weighted by Gasteiger charge is 2.21. The van der Waals surface area contributed by atoms with Crippen LogP contribution in [-0.2, 0) is 4.79 Å². The lowest BCUT2D eigenvalue weighted by atomic mass is 9.96. The van der Waals surface area contributed by atoms with Crippen LogP contribution >= 0.6 is 0 Å². The average Bonchev–Trinajstić information content (AvgIpc) is 2.95. The highest BCUT2D eigenvalue weighted by molar-refractivity contribution is 5.82. The molecule has 124 valence electrons. The van der Waals surface area contributed by atoms with Gasteiger partial charge in [-0.3, -0.25) is 4.79 Å². The van der Waals surface area contributed by atoms with Crippen LogP contribution in [0.15, 0.2) is 24.5 Å². The Kier molecular flexibility index (Phi) is 4.96. The normalized spacial score (nSPS) is 21.0. The highest BCUT2D eigenvalue weighted by atomic mass is 16.3. The van der Waals surface area contributed by atoms with Crippen LogP contribution in [0.3, 0.4) is 0 Å². The zero-order chi connectivity index (χ0) is 16.2. The Balaban J connectivity index is 1.66. The van der Waals surface area contributed by atoms with Crippen LogP contribution in [0.5, 0.6) is 0 Å². The van der Waals surface area contributed by atoms with Crippen molar-refractivity contribution in [1.82, 2.24) is 14.9 Å². The minimum atomic E-state index is -0.261. The number of likely N-dealkylation sites (tertiary alicyclic amines) is 1. The number of rotatable bonds is 3. The Labute approximate surface area is 136 Å². The SMILES string of the molecule is CC(CC(=O)N1CCCCC(O)CC1)c1c[nH]c2ncccc12. The number of carbonyl (C=O) groups excluding carboxylic acids is 1. The van der Waals surface area contributed by atoms with Gasteiger partial charge >= 0.3 is 0 Å². The molecule has 0 saturated carbocycles. The standard InChI is InChI=1S/C18H25N3O2/c1-13(16-12-20-18-15(16)6-4-8-19-18)11-17(23)21-9-3-2-5-14(22)7-10-21/h4,6,8,12-14,22H,2-3,5,7,9-11H2,1H3,(H,19,20). The number of nitrogens with one attached hydrogen (secondary N) is 1. The summed E-state index contributed by atoms with van der Waals surface area (Å²) in [5, 5.41) is 10.9. The number of nitrogens with zero attached hydrogens (tertiary/aromatic N) is 2. The molecule has 5 nitrogen and oxygen atoms in total. The fraction of sp³-hybridized carbons (Fsp3) is 0.556. The van der Waals surface area contributed by atoms with Gasteiger partial charge in [0.15, 0.2) is 0 Å². The second-order valence-electron chi connectivity index (χ2n) is 6.57. The second kappa shape index (κ2) is 7.13. The number of amides is 1. The Morgan fingerprint density at radius 3 is 3.17 bits per heavy atom. The molecule has 0 radical (unpaired) electrons. The van der Waals surface area contributed by atoms with E-state index in [1.807, 2.05) is 23.2 Å². The zero-order valence-corrected chi connectivity index (χ0v) is 13.7. The van der Waals surface area contributed by atoms with E-state index >= 15 is 0 Å². The smallest absolute Gasteiger partial charge is 0.223 e. The summed E-state index contributed by atoms with van der Waals surface area (Å²) in [6.45, 7) is 3.57. The molecule has 23 heavy (non-hydrogen) atoms. The molecule has 3 heterocycles. The molecule has 3 rings (SSSR count). The summed E-state index contributed by atoms with van der Waals surface area (Å²) in [6, 6.07) is 3.97. The maximum Gasteiger partial charge on any atom is 0.223 e. The molecular formula is C18H25N3O2. The van der Waals surface area contributed by atoms with Crippen LogP contribution < -0.4 is 0 Å². The predicted molar refractivity (Wildman–Crippen MR) is 90.2 cm³/mol. The Morgan fingerprint density at radius 1 is 1.43 bits per heavy atom. The number of aliphatic hydroxyl groups is 1. The lowest BCUT2D eigenvalue weighted by molar-refractivity contribution is -0.132. The van der Waals surface area contributed by atoms with Crippen LogP contribution in [0.25, 0.3) is 11.0 Å². The van der Waals surface area contributed by atoms with Crippen LogP contribution in [-0.4, -0.2) is 45.1 Å². The number of aromatic nitrogens is 2. The lowest BCUT2D eigenvalue weighted by Gasteiger charge is -2.27. The number of fused-ring (bicyclic) bond motifs is 1. The van der Waals surface area contributed by atoms with Gasteiger partial charge in [0.05, 0.1) is 6.10 Å². The van der Waals surface area contributed by atoms with E-state index in [1.165, 1.54) is 0 Å². The van der Waals surface area contributed by atoms with Gasteiger partial charge < -0.3 is 15.0 Å². The molecule has 2 aromatic rings. The number of aliphatic hydroxyl groups excluding tert-OH is 1. The molecule has 0 aliphatic carbocycles. The summed E-state index contributed by atoms with van der Waals surface area (Å²) in [5.41, 5.74) is 2.02. The van der Waals surface area contributed by atoms with Crippen molar-refractivity contribution in [2.45, 2.75) is 51.0 Å². The largest absolute Gasteiger partial charge is 0.393 e. The summed E-state index contributed by atoms with van der Waals surface area (Å²) < 4.78 is 0. The third-order valence-electron chi connectivity index (χ3n) is 4.80. The molecular weight excluding hydrogens is 290 g/mol. The molecule has 2 N–H and O–H groups in total. The molecule has 1 saturated heterocycles. The maximum atomic E-state index is 12.6. The molecule has 2 unspecified atom stereocenters. The maximum absolute atomic E-state index is 12.6. The van der Waals surface area contributed by atoms with Crippen molar-refractivity contribution in [3.63, 3.8) is 0 Å². The van der Waals surface area contributed by atoms with E-state index in [2.05, 4.69) is 16.9 Å². The molecule has 0 spiro atoms. The second-order valence-corrected chi connectivity index (χ2v) is 6.57. The van der Waals surface area contributed by atoms with Crippen molar-refractivity contribution < 1.29 is 9.90 Å². The van der Waals surface area contributed by atoms with Crippen molar-refractivity contribution in [3.8, 4) is 0 Å². The highest BCUT2D eigenvalue weighted by Crippen LogP contribution is 2.27. The number of aromatic amines is 1. The van der Waals surface area contributed by atoms with Gasteiger partial charge in [0.1, 0.15) is 5.65 Å². The molecule has 1 aliphatic rings. The summed E-state index contributed by atoms with van der Waals surface area (Å²) in [6.07, 6.45) is 7.50. The van der Waals surface area contributed by atoms with E-state index < -0.39 is 0 Å². The van der Waals surface area contributed by atoms with E-state index in [-0.39, 0.29) is 17.9 Å². The molecule has 1 amide bonds. The monoisotopic (exact) mass is 315 g/mol. The van der Waals surface area contributed by atoms with Gasteiger partial charge in [-0.2, -0.15) is 0 Å². The van der Waals surface area contributed by atoms with Crippen molar-refractivity contribution in [3.05, 3.63) is 30.1 Å². The van der Waals surface area contributed by atoms with Gasteiger partial charge in [-0.15, -0.1) is 0 Å². The van der Waals surface area contributed by atoms with E-state index in [0.717, 1.165) is 42.4 Å². The number of pyridine rings is 1. The summed E-state index contributed by atoms with van der Waals surface area (Å²) in [7, 11) is 0.